The van der Waals surface area contributed by atoms with E-state index in [0.717, 1.165) is 12.1 Å². The van der Waals surface area contributed by atoms with Gasteiger partial charge in [0.25, 0.3) is 11.5 Å². The lowest BCUT2D eigenvalue weighted by Crippen LogP contribution is -2.38. The Hall–Kier alpha value is -2.99. The number of nitrogens with zero attached hydrogens (tertiary/aromatic N) is 1. The molecule has 4 rings (SSSR count). The van der Waals surface area contributed by atoms with Crippen LogP contribution in [0.15, 0.2) is 50.6 Å². The molecule has 37 heavy (non-hydrogen) atoms. The first-order valence-electron chi connectivity index (χ1n) is 11.1. The third-order valence-corrected chi connectivity index (χ3v) is 7.26. The van der Waals surface area contributed by atoms with E-state index in [1.54, 1.807) is 32.9 Å². The summed E-state index contributed by atoms with van der Waals surface area (Å²) in [5.74, 6) is -2.20. The van der Waals surface area contributed by atoms with Gasteiger partial charge in [0.05, 0.1) is 16.3 Å². The van der Waals surface area contributed by atoms with Gasteiger partial charge in [0.1, 0.15) is 23.5 Å². The number of carbonyl (C=O) groups is 2. The zero-order valence-electron chi connectivity index (χ0n) is 19.9. The minimum absolute atomic E-state index is 0.0482. The van der Waals surface area contributed by atoms with E-state index in [9.17, 15) is 32.7 Å². The number of ether oxygens (including phenoxy) is 1. The Morgan fingerprint density at radius 1 is 1.19 bits per heavy atom. The molecule has 0 radical (unpaired) electrons. The Morgan fingerprint density at radius 2 is 1.84 bits per heavy atom. The van der Waals surface area contributed by atoms with Crippen LogP contribution in [0.2, 0.25) is 0 Å². The minimum Gasteiger partial charge on any atom is -0.506 e. The fourth-order valence-electron chi connectivity index (χ4n) is 4.01. The molecule has 3 aromatic rings. The van der Waals surface area contributed by atoms with Crippen LogP contribution in [0.25, 0.3) is 10.9 Å². The summed E-state index contributed by atoms with van der Waals surface area (Å²) in [7, 11) is 0. The van der Waals surface area contributed by atoms with Crippen LogP contribution in [0.3, 0.4) is 0 Å². The number of halogens is 4. The number of alkyl halides is 3. The van der Waals surface area contributed by atoms with Gasteiger partial charge in [0, 0.05) is 21.3 Å². The van der Waals surface area contributed by atoms with Crippen molar-refractivity contribution < 1.29 is 32.6 Å². The Balaban J connectivity index is 1.73. The highest BCUT2D eigenvalue weighted by molar-refractivity contribution is 9.10. The monoisotopic (exact) mass is 598 g/mol. The van der Waals surface area contributed by atoms with Gasteiger partial charge in [-0.2, -0.15) is 13.2 Å². The first-order valence-corrected chi connectivity index (χ1v) is 12.8. The van der Waals surface area contributed by atoms with Crippen LogP contribution >= 0.6 is 27.7 Å². The van der Waals surface area contributed by atoms with Crippen LogP contribution in [-0.2, 0) is 22.3 Å². The maximum absolute atomic E-state index is 13.4. The Morgan fingerprint density at radius 3 is 2.43 bits per heavy atom. The van der Waals surface area contributed by atoms with Crippen molar-refractivity contribution in [2.45, 2.75) is 49.2 Å². The predicted octanol–water partition coefficient (Wildman–Crippen LogP) is 5.41. The molecule has 0 aliphatic carbocycles. The number of aromatic hydroxyl groups is 1. The fourth-order valence-corrected chi connectivity index (χ4v) is 5.97. The molecule has 0 bridgehead atoms. The molecule has 1 aliphatic heterocycles. The van der Waals surface area contributed by atoms with Crippen LogP contribution in [0.1, 0.15) is 47.5 Å². The SMILES string of the molecule is CC(C)(C)OC(=O)CNC(=O)c1c(O)c2cc(Br)cc3c2n(c1=O)CC(c1ccc(C(F)(F)F)cc1)S3. The highest BCUT2D eigenvalue weighted by Gasteiger charge is 2.32. The van der Waals surface area contributed by atoms with Crippen molar-refractivity contribution in [1.82, 2.24) is 9.88 Å². The highest BCUT2D eigenvalue weighted by Crippen LogP contribution is 2.47. The molecule has 1 aromatic heterocycles. The van der Waals surface area contributed by atoms with Crippen molar-refractivity contribution in [3.63, 3.8) is 0 Å². The smallest absolute Gasteiger partial charge is 0.416 e. The fraction of sp³-hybridized carbons (Fsp3) is 0.320. The number of rotatable bonds is 4. The molecule has 2 N–H and O–H groups in total. The molecule has 0 spiro atoms. The molecule has 0 fully saturated rings. The Kier molecular flexibility index (Phi) is 7.10. The maximum atomic E-state index is 13.4. The molecule has 1 atom stereocenters. The van der Waals surface area contributed by atoms with Gasteiger partial charge in [0.15, 0.2) is 0 Å². The third kappa shape index (κ3) is 5.64. The van der Waals surface area contributed by atoms with Crippen molar-refractivity contribution in [3.05, 3.63) is 67.9 Å². The van der Waals surface area contributed by atoms with Crippen LogP contribution in [-0.4, -0.2) is 33.7 Å². The number of hydrogen-bond donors (Lipinski definition) is 2. The number of benzene rings is 2. The van der Waals surface area contributed by atoms with E-state index in [4.69, 9.17) is 4.74 Å². The summed E-state index contributed by atoms with van der Waals surface area (Å²) in [6.45, 7) is 4.53. The van der Waals surface area contributed by atoms with Crippen molar-refractivity contribution >= 4 is 50.5 Å². The Labute approximate surface area is 222 Å². The number of aromatic nitrogens is 1. The standard InChI is InChI=1S/C25H22BrF3N2O5S/c1-24(2,3)36-18(32)10-30-22(34)19-21(33)15-8-14(26)9-16-20(15)31(23(19)35)11-17(37-16)12-4-6-13(7-5-12)25(27,28)29/h4-9,17,33H,10-11H2,1-3H3,(H,30,34). The van der Waals surface area contributed by atoms with Gasteiger partial charge in [-0.05, 0) is 50.6 Å². The predicted molar refractivity (Wildman–Crippen MR) is 136 cm³/mol. The van der Waals surface area contributed by atoms with Gasteiger partial charge in [-0.3, -0.25) is 14.4 Å². The summed E-state index contributed by atoms with van der Waals surface area (Å²) in [5.41, 5.74) is -1.92. The van der Waals surface area contributed by atoms with Crippen molar-refractivity contribution in [2.24, 2.45) is 0 Å². The van der Waals surface area contributed by atoms with Crippen LogP contribution in [0.5, 0.6) is 5.75 Å². The van der Waals surface area contributed by atoms with Gasteiger partial charge in [-0.15, -0.1) is 11.8 Å². The number of amides is 1. The van der Waals surface area contributed by atoms with E-state index in [-0.39, 0.29) is 11.9 Å². The molecule has 2 heterocycles. The molecular formula is C25H22BrF3N2O5S. The van der Waals surface area contributed by atoms with Gasteiger partial charge >= 0.3 is 12.1 Å². The van der Waals surface area contributed by atoms with E-state index in [1.807, 2.05) is 0 Å². The van der Waals surface area contributed by atoms with E-state index >= 15 is 0 Å². The van der Waals surface area contributed by atoms with Crippen LogP contribution < -0.4 is 10.9 Å². The first kappa shape index (κ1) is 27.1. The van der Waals surface area contributed by atoms with E-state index in [2.05, 4.69) is 21.2 Å². The van der Waals surface area contributed by atoms with Crippen molar-refractivity contribution in [2.75, 3.05) is 6.54 Å². The zero-order valence-corrected chi connectivity index (χ0v) is 22.3. The molecule has 12 heteroatoms. The Bertz CT molecular complexity index is 1460. The molecule has 0 saturated heterocycles. The van der Waals surface area contributed by atoms with Gasteiger partial charge in [0.2, 0.25) is 0 Å². The molecule has 1 aliphatic rings. The summed E-state index contributed by atoms with van der Waals surface area (Å²) in [5, 5.41) is 13.0. The first-order chi connectivity index (χ1) is 17.2. The summed E-state index contributed by atoms with van der Waals surface area (Å²) < 4.78 is 46.1. The summed E-state index contributed by atoms with van der Waals surface area (Å²) >= 11 is 4.71. The number of hydrogen-bond acceptors (Lipinski definition) is 6. The third-order valence-electron chi connectivity index (χ3n) is 5.53. The largest absolute Gasteiger partial charge is 0.506 e. The number of pyridine rings is 1. The van der Waals surface area contributed by atoms with Gasteiger partial charge in [-0.25, -0.2) is 0 Å². The number of carbonyl (C=O) groups excluding carboxylic acids is 2. The number of thioether (sulfide) groups is 1. The number of esters is 1. The summed E-state index contributed by atoms with van der Waals surface area (Å²) in [6.07, 6.45) is -4.47. The second-order valence-corrected chi connectivity index (χ2v) is 11.6. The van der Waals surface area contributed by atoms with E-state index < -0.39 is 57.9 Å². The van der Waals surface area contributed by atoms with Crippen molar-refractivity contribution in [1.29, 1.82) is 0 Å². The number of nitrogens with one attached hydrogen (secondary N) is 1. The average Bonchev–Trinajstić information content (AvgIpc) is 2.79. The topological polar surface area (TPSA) is 97.6 Å². The maximum Gasteiger partial charge on any atom is 0.416 e. The molecule has 1 amide bonds. The molecule has 7 nitrogen and oxygen atoms in total. The van der Waals surface area contributed by atoms with Crippen molar-refractivity contribution in [3.8, 4) is 5.75 Å². The van der Waals surface area contributed by atoms with Gasteiger partial charge in [-0.1, -0.05) is 28.1 Å². The highest BCUT2D eigenvalue weighted by atomic mass is 79.9. The lowest BCUT2D eigenvalue weighted by Gasteiger charge is -2.28. The zero-order chi connectivity index (χ0) is 27.3. The molecular weight excluding hydrogens is 577 g/mol. The molecule has 2 aromatic carbocycles. The van der Waals surface area contributed by atoms with Crippen LogP contribution in [0, 0.1) is 0 Å². The van der Waals surface area contributed by atoms with E-state index in [1.165, 1.54) is 28.5 Å². The quantitative estimate of drug-likeness (QED) is 0.390. The summed E-state index contributed by atoms with van der Waals surface area (Å²) in [6, 6.07) is 7.99. The second-order valence-electron chi connectivity index (χ2n) is 9.43. The average molecular weight is 599 g/mol. The minimum atomic E-state index is -4.47. The molecule has 1 unspecified atom stereocenters. The second kappa shape index (κ2) is 9.71. The van der Waals surface area contributed by atoms with Gasteiger partial charge < -0.3 is 19.7 Å². The van der Waals surface area contributed by atoms with Crippen LogP contribution in [0.4, 0.5) is 13.2 Å². The normalized spacial score (nSPS) is 15.5. The lowest BCUT2D eigenvalue weighted by molar-refractivity contribution is -0.153. The summed E-state index contributed by atoms with van der Waals surface area (Å²) in [4.78, 5) is 39.0. The molecule has 0 saturated carbocycles. The molecule has 196 valence electrons. The van der Waals surface area contributed by atoms with E-state index in [0.29, 0.717) is 20.4 Å². The lowest BCUT2D eigenvalue weighted by atomic mass is 10.1.